The standard InChI is InChI=1S/C7H11N3O5/c1-2-14-6(13)15-7(10-8)3-4(11)9-5(7)12/h10H,2-3,8H2,1H3,(H,9,11,12). The van der Waals surface area contributed by atoms with Crippen molar-refractivity contribution in [2.24, 2.45) is 5.84 Å². The van der Waals surface area contributed by atoms with Crippen LogP contribution in [-0.4, -0.2) is 30.3 Å². The number of ether oxygens (including phenoxy) is 2. The largest absolute Gasteiger partial charge is 0.510 e. The summed E-state index contributed by atoms with van der Waals surface area (Å²) in [7, 11) is 0. The van der Waals surface area contributed by atoms with Gasteiger partial charge in [0.1, 0.15) is 0 Å². The average molecular weight is 217 g/mol. The van der Waals surface area contributed by atoms with Gasteiger partial charge in [-0.15, -0.1) is 0 Å². The summed E-state index contributed by atoms with van der Waals surface area (Å²) in [5.41, 5.74) is 0.133. The van der Waals surface area contributed by atoms with Gasteiger partial charge in [0.05, 0.1) is 13.0 Å². The molecule has 1 unspecified atom stereocenters. The first-order chi connectivity index (χ1) is 7.04. The Morgan fingerprint density at radius 2 is 2.33 bits per heavy atom. The maximum Gasteiger partial charge on any atom is 0.510 e. The van der Waals surface area contributed by atoms with Gasteiger partial charge >= 0.3 is 6.16 Å². The molecule has 4 N–H and O–H groups in total. The summed E-state index contributed by atoms with van der Waals surface area (Å²) in [6.45, 7) is 1.67. The van der Waals surface area contributed by atoms with E-state index in [1.165, 1.54) is 0 Å². The highest BCUT2D eigenvalue weighted by Crippen LogP contribution is 2.18. The summed E-state index contributed by atoms with van der Waals surface area (Å²) in [4.78, 5) is 33.2. The number of carbonyl (C=O) groups excluding carboxylic acids is 3. The molecule has 1 saturated heterocycles. The molecule has 1 heterocycles. The first-order valence-corrected chi connectivity index (χ1v) is 4.22. The maximum absolute atomic E-state index is 11.3. The fourth-order valence-corrected chi connectivity index (χ4v) is 1.10. The highest BCUT2D eigenvalue weighted by atomic mass is 16.7. The van der Waals surface area contributed by atoms with Gasteiger partial charge < -0.3 is 9.47 Å². The van der Waals surface area contributed by atoms with Gasteiger partial charge in [-0.2, -0.15) is 0 Å². The first-order valence-electron chi connectivity index (χ1n) is 4.22. The molecule has 8 heteroatoms. The van der Waals surface area contributed by atoms with Crippen molar-refractivity contribution in [2.75, 3.05) is 6.61 Å². The van der Waals surface area contributed by atoms with Crippen LogP contribution in [0.15, 0.2) is 0 Å². The molecule has 0 aromatic rings. The van der Waals surface area contributed by atoms with Crippen LogP contribution in [0.4, 0.5) is 4.79 Å². The number of carbonyl (C=O) groups is 3. The highest BCUT2D eigenvalue weighted by Gasteiger charge is 2.50. The van der Waals surface area contributed by atoms with Gasteiger partial charge in [-0.1, -0.05) is 0 Å². The number of amides is 2. The predicted octanol–water partition coefficient (Wildman–Crippen LogP) is -1.63. The third-order valence-electron chi connectivity index (χ3n) is 1.78. The van der Waals surface area contributed by atoms with Crippen LogP contribution < -0.4 is 16.6 Å². The molecule has 0 radical (unpaired) electrons. The van der Waals surface area contributed by atoms with E-state index < -0.39 is 23.7 Å². The lowest BCUT2D eigenvalue weighted by molar-refractivity contribution is -0.141. The van der Waals surface area contributed by atoms with E-state index in [2.05, 4.69) is 9.47 Å². The van der Waals surface area contributed by atoms with Crippen LogP contribution in [0.1, 0.15) is 13.3 Å². The summed E-state index contributed by atoms with van der Waals surface area (Å²) >= 11 is 0. The van der Waals surface area contributed by atoms with Crippen molar-refractivity contribution in [3.05, 3.63) is 0 Å². The molecule has 1 rings (SSSR count). The molecule has 0 bridgehead atoms. The van der Waals surface area contributed by atoms with E-state index in [1.54, 1.807) is 6.92 Å². The summed E-state index contributed by atoms with van der Waals surface area (Å²) < 4.78 is 9.11. The molecule has 1 aliphatic heterocycles. The molecule has 2 amide bonds. The second-order valence-corrected chi connectivity index (χ2v) is 2.81. The van der Waals surface area contributed by atoms with E-state index in [0.717, 1.165) is 0 Å². The van der Waals surface area contributed by atoms with Gasteiger partial charge in [0.2, 0.25) is 5.91 Å². The number of hydrogen-bond donors (Lipinski definition) is 3. The third kappa shape index (κ3) is 2.22. The summed E-state index contributed by atoms with van der Waals surface area (Å²) in [5, 5.41) is 1.95. The Morgan fingerprint density at radius 1 is 1.67 bits per heavy atom. The molecular formula is C7H11N3O5. The molecule has 8 nitrogen and oxygen atoms in total. The van der Waals surface area contributed by atoms with E-state index in [-0.39, 0.29) is 13.0 Å². The van der Waals surface area contributed by atoms with Crippen LogP contribution in [0.25, 0.3) is 0 Å². The fraction of sp³-hybridized carbons (Fsp3) is 0.571. The predicted molar refractivity (Wildman–Crippen MR) is 45.9 cm³/mol. The monoisotopic (exact) mass is 217 g/mol. The van der Waals surface area contributed by atoms with Crippen LogP contribution in [0.2, 0.25) is 0 Å². The zero-order valence-corrected chi connectivity index (χ0v) is 8.03. The van der Waals surface area contributed by atoms with Gasteiger partial charge in [-0.05, 0) is 6.92 Å². The lowest BCUT2D eigenvalue weighted by Crippen LogP contribution is -2.57. The van der Waals surface area contributed by atoms with Crippen LogP contribution in [0, 0.1) is 0 Å². The van der Waals surface area contributed by atoms with Crippen LogP contribution >= 0.6 is 0 Å². The van der Waals surface area contributed by atoms with E-state index in [1.807, 2.05) is 10.7 Å². The minimum absolute atomic E-state index is 0.0923. The minimum atomic E-state index is -1.86. The molecule has 1 aliphatic rings. The number of rotatable bonds is 3. The second-order valence-electron chi connectivity index (χ2n) is 2.81. The van der Waals surface area contributed by atoms with Gasteiger partial charge in [0.25, 0.3) is 11.6 Å². The van der Waals surface area contributed by atoms with Gasteiger partial charge in [0, 0.05) is 0 Å². The number of hydrogen-bond acceptors (Lipinski definition) is 7. The minimum Gasteiger partial charge on any atom is -0.435 e. The Bertz CT molecular complexity index is 305. The number of imide groups is 1. The van der Waals surface area contributed by atoms with Crippen molar-refractivity contribution >= 4 is 18.0 Å². The Hall–Kier alpha value is -1.67. The summed E-state index contributed by atoms with van der Waals surface area (Å²) in [5.74, 6) is 3.67. The maximum atomic E-state index is 11.3. The Morgan fingerprint density at radius 3 is 2.73 bits per heavy atom. The van der Waals surface area contributed by atoms with Gasteiger partial charge in [-0.3, -0.25) is 20.7 Å². The molecule has 0 aliphatic carbocycles. The molecule has 1 atom stereocenters. The van der Waals surface area contributed by atoms with Crippen molar-refractivity contribution in [3.63, 3.8) is 0 Å². The van der Waals surface area contributed by atoms with Gasteiger partial charge in [-0.25, -0.2) is 10.2 Å². The van der Waals surface area contributed by atoms with Gasteiger partial charge in [0.15, 0.2) is 0 Å². The lowest BCUT2D eigenvalue weighted by atomic mass is 10.2. The second kappa shape index (κ2) is 4.24. The van der Waals surface area contributed by atoms with Crippen molar-refractivity contribution in [1.82, 2.24) is 10.7 Å². The van der Waals surface area contributed by atoms with E-state index in [9.17, 15) is 14.4 Å². The Kier molecular flexibility index (Phi) is 3.22. The summed E-state index contributed by atoms with van der Waals surface area (Å²) in [6, 6.07) is 0. The highest BCUT2D eigenvalue weighted by molar-refractivity contribution is 6.07. The number of nitrogens with one attached hydrogen (secondary N) is 2. The molecule has 0 aromatic carbocycles. The Balaban J connectivity index is 2.73. The average Bonchev–Trinajstić information content (AvgIpc) is 2.42. The number of nitrogens with two attached hydrogens (primary N) is 1. The van der Waals surface area contributed by atoms with E-state index in [4.69, 9.17) is 5.84 Å². The quantitative estimate of drug-likeness (QED) is 0.170. The van der Waals surface area contributed by atoms with Crippen LogP contribution in [0.3, 0.4) is 0 Å². The van der Waals surface area contributed by atoms with E-state index in [0.29, 0.717) is 0 Å². The topological polar surface area (TPSA) is 120 Å². The van der Waals surface area contributed by atoms with Crippen LogP contribution in [0.5, 0.6) is 0 Å². The molecule has 15 heavy (non-hydrogen) atoms. The van der Waals surface area contributed by atoms with Crippen molar-refractivity contribution in [3.8, 4) is 0 Å². The van der Waals surface area contributed by atoms with Crippen LogP contribution in [-0.2, 0) is 19.1 Å². The molecule has 0 aromatic heterocycles. The smallest absolute Gasteiger partial charge is 0.435 e. The van der Waals surface area contributed by atoms with Crippen molar-refractivity contribution in [2.45, 2.75) is 19.1 Å². The zero-order valence-electron chi connectivity index (χ0n) is 8.03. The van der Waals surface area contributed by atoms with Crippen molar-refractivity contribution in [1.29, 1.82) is 0 Å². The molecule has 0 spiro atoms. The molecular weight excluding hydrogens is 206 g/mol. The molecule has 1 fully saturated rings. The normalized spacial score (nSPS) is 24.9. The number of hydrazine groups is 1. The molecule has 84 valence electrons. The first kappa shape index (κ1) is 11.4. The fourth-order valence-electron chi connectivity index (χ4n) is 1.10. The third-order valence-corrected chi connectivity index (χ3v) is 1.78. The molecule has 0 saturated carbocycles. The zero-order chi connectivity index (χ0) is 11.5. The SMILES string of the molecule is CCOC(=O)OC1(NN)CC(=O)NC1=O. The van der Waals surface area contributed by atoms with E-state index >= 15 is 0 Å². The van der Waals surface area contributed by atoms with Crippen molar-refractivity contribution < 1.29 is 23.9 Å². The summed E-state index contributed by atoms with van der Waals surface area (Å²) in [6.07, 6.45) is -1.44. The Labute approximate surface area is 85.0 Å². The lowest BCUT2D eigenvalue weighted by Gasteiger charge is -2.23.